The molecule has 18 heavy (non-hydrogen) atoms. The van der Waals surface area contributed by atoms with E-state index in [-0.39, 0.29) is 0 Å². The topological polar surface area (TPSA) is 23.5 Å². The van der Waals surface area contributed by atoms with Crippen LogP contribution < -0.4 is 0 Å². The van der Waals surface area contributed by atoms with Gasteiger partial charge >= 0.3 is 0 Å². The Bertz CT molecular complexity index is 331. The highest BCUT2D eigenvalue weighted by molar-refractivity contribution is 7.99. The number of benzene rings is 1. The molecule has 1 atom stereocenters. The maximum atomic E-state index is 8.82. The quantitative estimate of drug-likeness (QED) is 0.800. The lowest BCUT2D eigenvalue weighted by Crippen LogP contribution is -2.36. The highest BCUT2D eigenvalue weighted by Crippen LogP contribution is 2.29. The van der Waals surface area contributed by atoms with Crippen LogP contribution in [0.3, 0.4) is 0 Å². The van der Waals surface area contributed by atoms with E-state index in [1.54, 1.807) is 0 Å². The van der Waals surface area contributed by atoms with Crippen molar-refractivity contribution in [2.45, 2.75) is 25.3 Å². The van der Waals surface area contributed by atoms with Gasteiger partial charge in [0.1, 0.15) is 0 Å². The maximum Gasteiger partial charge on any atom is 0.0438 e. The monoisotopic (exact) mass is 265 g/mol. The lowest BCUT2D eigenvalue weighted by Gasteiger charge is -2.35. The molecule has 1 saturated heterocycles. The smallest absolute Gasteiger partial charge is 0.0438 e. The Kier molecular flexibility index (Phi) is 6.05. The van der Waals surface area contributed by atoms with E-state index in [1.165, 1.54) is 36.6 Å². The van der Waals surface area contributed by atoms with E-state index in [4.69, 9.17) is 5.11 Å². The number of aliphatic hydroxyl groups is 1. The van der Waals surface area contributed by atoms with Crippen LogP contribution in [0.1, 0.15) is 30.9 Å². The Labute approximate surface area is 114 Å². The summed E-state index contributed by atoms with van der Waals surface area (Å²) in [6.45, 7) is 2.70. The van der Waals surface area contributed by atoms with Gasteiger partial charge in [-0.1, -0.05) is 30.3 Å². The van der Waals surface area contributed by atoms with Crippen molar-refractivity contribution in [1.29, 1.82) is 0 Å². The van der Waals surface area contributed by atoms with Gasteiger partial charge in [0.25, 0.3) is 0 Å². The first-order chi connectivity index (χ1) is 8.92. The molecular weight excluding hydrogens is 242 g/mol. The molecule has 0 bridgehead atoms. The molecule has 1 aliphatic rings. The minimum atomic E-state index is 0.331. The summed E-state index contributed by atoms with van der Waals surface area (Å²) < 4.78 is 0. The minimum absolute atomic E-state index is 0.331. The van der Waals surface area contributed by atoms with Crippen LogP contribution >= 0.6 is 11.8 Å². The van der Waals surface area contributed by atoms with E-state index < -0.39 is 0 Å². The summed E-state index contributed by atoms with van der Waals surface area (Å²) >= 11 is 2.06. The molecule has 1 aromatic rings. The predicted octanol–water partition coefficient (Wildman–Crippen LogP) is 2.94. The molecule has 0 aliphatic carbocycles. The zero-order chi connectivity index (χ0) is 12.6. The molecule has 1 heterocycles. The molecule has 0 saturated carbocycles. The van der Waals surface area contributed by atoms with Crippen molar-refractivity contribution >= 4 is 11.8 Å². The lowest BCUT2D eigenvalue weighted by atomic mass is 10.1. The highest BCUT2D eigenvalue weighted by atomic mass is 32.2. The van der Waals surface area contributed by atoms with Gasteiger partial charge in [0.15, 0.2) is 0 Å². The van der Waals surface area contributed by atoms with Gasteiger partial charge in [-0.2, -0.15) is 11.8 Å². The van der Waals surface area contributed by atoms with E-state index in [2.05, 4.69) is 47.0 Å². The zero-order valence-corrected chi connectivity index (χ0v) is 11.7. The van der Waals surface area contributed by atoms with Crippen LogP contribution in [0.4, 0.5) is 0 Å². The molecule has 100 valence electrons. The fourth-order valence-corrected chi connectivity index (χ4v) is 3.65. The van der Waals surface area contributed by atoms with Gasteiger partial charge in [-0.15, -0.1) is 0 Å². The van der Waals surface area contributed by atoms with E-state index in [0.29, 0.717) is 12.6 Å². The van der Waals surface area contributed by atoms with Crippen LogP contribution in [0.15, 0.2) is 30.3 Å². The number of rotatable bonds is 6. The lowest BCUT2D eigenvalue weighted by molar-refractivity contribution is 0.211. The predicted molar refractivity (Wildman–Crippen MR) is 79.0 cm³/mol. The SMILES string of the molecule is OCCCCCN1CCSCC1c1ccccc1. The summed E-state index contributed by atoms with van der Waals surface area (Å²) in [4.78, 5) is 2.61. The van der Waals surface area contributed by atoms with E-state index in [0.717, 1.165) is 12.8 Å². The van der Waals surface area contributed by atoms with Crippen LogP contribution in [0.2, 0.25) is 0 Å². The first-order valence-corrected chi connectivity index (χ1v) is 8.05. The number of hydrogen-bond acceptors (Lipinski definition) is 3. The fourth-order valence-electron chi connectivity index (χ4n) is 2.49. The molecule has 1 aromatic carbocycles. The van der Waals surface area contributed by atoms with Gasteiger partial charge in [-0.25, -0.2) is 0 Å². The number of thioether (sulfide) groups is 1. The van der Waals surface area contributed by atoms with Crippen molar-refractivity contribution in [2.75, 3.05) is 31.2 Å². The summed E-state index contributed by atoms with van der Waals surface area (Å²) in [5, 5.41) is 8.82. The Morgan fingerprint density at radius 2 is 2.00 bits per heavy atom. The van der Waals surface area contributed by atoms with Crippen molar-refractivity contribution < 1.29 is 5.11 Å². The molecule has 1 N–H and O–H groups in total. The number of unbranched alkanes of at least 4 members (excludes halogenated alkanes) is 2. The average molecular weight is 265 g/mol. The Hall–Kier alpha value is -0.510. The van der Waals surface area contributed by atoms with Crippen LogP contribution in [0.5, 0.6) is 0 Å². The normalized spacial score (nSPS) is 21.1. The molecule has 0 spiro atoms. The molecule has 2 nitrogen and oxygen atoms in total. The van der Waals surface area contributed by atoms with E-state index >= 15 is 0 Å². The molecule has 1 unspecified atom stereocenters. The second-order valence-corrected chi connectivity index (χ2v) is 5.97. The van der Waals surface area contributed by atoms with E-state index in [1.807, 2.05) is 0 Å². The second-order valence-electron chi connectivity index (χ2n) is 4.82. The molecule has 2 rings (SSSR count). The van der Waals surface area contributed by atoms with Crippen LogP contribution in [-0.4, -0.2) is 41.2 Å². The first-order valence-electron chi connectivity index (χ1n) is 6.89. The van der Waals surface area contributed by atoms with Gasteiger partial charge < -0.3 is 5.11 Å². The largest absolute Gasteiger partial charge is 0.396 e. The summed E-state index contributed by atoms with van der Waals surface area (Å²) in [6.07, 6.45) is 3.29. The number of aliphatic hydroxyl groups excluding tert-OH is 1. The van der Waals surface area contributed by atoms with Crippen molar-refractivity contribution in [2.24, 2.45) is 0 Å². The second kappa shape index (κ2) is 7.82. The summed E-state index contributed by atoms with van der Waals surface area (Å²) in [5.74, 6) is 2.47. The Morgan fingerprint density at radius 3 is 2.78 bits per heavy atom. The minimum Gasteiger partial charge on any atom is -0.396 e. The van der Waals surface area contributed by atoms with Gasteiger partial charge in [0, 0.05) is 30.7 Å². The van der Waals surface area contributed by atoms with Gasteiger partial charge in [-0.3, -0.25) is 4.90 Å². The summed E-state index contributed by atoms with van der Waals surface area (Å²) in [6, 6.07) is 11.4. The summed E-state index contributed by atoms with van der Waals surface area (Å²) in [7, 11) is 0. The third-order valence-corrected chi connectivity index (χ3v) is 4.55. The maximum absolute atomic E-state index is 8.82. The third kappa shape index (κ3) is 4.01. The van der Waals surface area contributed by atoms with Crippen molar-refractivity contribution in [1.82, 2.24) is 4.90 Å². The van der Waals surface area contributed by atoms with E-state index in [9.17, 15) is 0 Å². The van der Waals surface area contributed by atoms with Crippen molar-refractivity contribution in [3.63, 3.8) is 0 Å². The van der Waals surface area contributed by atoms with Crippen LogP contribution in [0.25, 0.3) is 0 Å². The first kappa shape index (κ1) is 13.9. The number of nitrogens with zero attached hydrogens (tertiary/aromatic N) is 1. The van der Waals surface area contributed by atoms with Crippen molar-refractivity contribution in [3.05, 3.63) is 35.9 Å². The number of hydrogen-bond donors (Lipinski definition) is 1. The molecule has 0 aromatic heterocycles. The Morgan fingerprint density at radius 1 is 1.17 bits per heavy atom. The van der Waals surface area contributed by atoms with Crippen molar-refractivity contribution in [3.8, 4) is 0 Å². The standard InChI is InChI=1S/C15H23NOS/c17-11-6-2-5-9-16-10-12-18-13-15(16)14-7-3-1-4-8-14/h1,3-4,7-8,15,17H,2,5-6,9-13H2. The summed E-state index contributed by atoms with van der Waals surface area (Å²) in [5.41, 5.74) is 1.45. The molecule has 1 fully saturated rings. The highest BCUT2D eigenvalue weighted by Gasteiger charge is 2.23. The zero-order valence-electron chi connectivity index (χ0n) is 10.9. The molecular formula is C15H23NOS. The molecule has 0 radical (unpaired) electrons. The third-order valence-electron chi connectivity index (χ3n) is 3.53. The van der Waals surface area contributed by atoms with Gasteiger partial charge in [0.05, 0.1) is 0 Å². The fraction of sp³-hybridized carbons (Fsp3) is 0.600. The van der Waals surface area contributed by atoms with Gasteiger partial charge in [0.2, 0.25) is 0 Å². The average Bonchev–Trinajstić information content (AvgIpc) is 2.45. The van der Waals surface area contributed by atoms with Crippen LogP contribution in [0, 0.1) is 0 Å². The molecule has 1 aliphatic heterocycles. The molecule has 0 amide bonds. The molecule has 3 heteroatoms. The van der Waals surface area contributed by atoms with Crippen LogP contribution in [-0.2, 0) is 0 Å². The van der Waals surface area contributed by atoms with Gasteiger partial charge in [-0.05, 0) is 31.4 Å². The Balaban J connectivity index is 1.90.